The van der Waals surface area contributed by atoms with E-state index in [4.69, 9.17) is 4.74 Å². The number of nitrogens with one attached hydrogen (secondary N) is 1. The molecule has 0 bridgehead atoms. The smallest absolute Gasteiger partial charge is 0.110 e. The number of thiazole rings is 1. The molecule has 1 heterocycles. The summed E-state index contributed by atoms with van der Waals surface area (Å²) < 4.78 is 5.23. The highest BCUT2D eigenvalue weighted by Gasteiger charge is 2.34. The second-order valence-corrected chi connectivity index (χ2v) is 5.34. The first-order valence-corrected chi connectivity index (χ1v) is 6.87. The van der Waals surface area contributed by atoms with Crippen LogP contribution >= 0.6 is 11.3 Å². The molecule has 1 aliphatic rings. The van der Waals surface area contributed by atoms with E-state index in [1.165, 1.54) is 17.8 Å². The van der Waals surface area contributed by atoms with Crippen molar-refractivity contribution in [3.8, 4) is 0 Å². The van der Waals surface area contributed by atoms with Crippen LogP contribution in [-0.2, 0) is 4.74 Å². The second kappa shape index (κ2) is 5.75. The fourth-order valence-corrected chi connectivity index (χ4v) is 2.76. The molecule has 1 aromatic heterocycles. The molecule has 1 aliphatic carbocycles. The largest absolute Gasteiger partial charge is 0.383 e. The van der Waals surface area contributed by atoms with Crippen LogP contribution in [0.25, 0.3) is 0 Å². The van der Waals surface area contributed by atoms with Gasteiger partial charge in [0.15, 0.2) is 0 Å². The number of aromatic nitrogens is 1. The highest BCUT2D eigenvalue weighted by Crippen LogP contribution is 2.41. The van der Waals surface area contributed by atoms with E-state index in [0.29, 0.717) is 12.1 Å². The van der Waals surface area contributed by atoms with Crippen LogP contribution in [0.4, 0.5) is 0 Å². The van der Waals surface area contributed by atoms with Gasteiger partial charge in [-0.3, -0.25) is 0 Å². The minimum absolute atomic E-state index is 0.444. The first kappa shape index (κ1) is 12.0. The van der Waals surface area contributed by atoms with Gasteiger partial charge in [-0.05, 0) is 25.2 Å². The van der Waals surface area contributed by atoms with E-state index in [1.54, 1.807) is 18.4 Å². The molecular weight excluding hydrogens is 220 g/mol. The standard InChI is InChI=1S/C12H20N2OS/c1-3-10(8-15-2)14-11(9-4-5-9)12-13-6-7-16-12/h6-7,9-11,14H,3-5,8H2,1-2H3/t10-,11-/m0/s1. The van der Waals surface area contributed by atoms with Crippen molar-refractivity contribution in [3.05, 3.63) is 16.6 Å². The first-order valence-electron chi connectivity index (χ1n) is 5.99. The Bertz CT molecular complexity index is 298. The molecule has 4 heteroatoms. The lowest BCUT2D eigenvalue weighted by Gasteiger charge is -2.23. The topological polar surface area (TPSA) is 34.1 Å². The third-order valence-electron chi connectivity index (χ3n) is 3.09. The van der Waals surface area contributed by atoms with E-state index in [-0.39, 0.29) is 0 Å². The Hall–Kier alpha value is -0.450. The summed E-state index contributed by atoms with van der Waals surface area (Å²) in [5.74, 6) is 0.789. The summed E-state index contributed by atoms with van der Waals surface area (Å²) in [5.41, 5.74) is 0. The van der Waals surface area contributed by atoms with Crippen LogP contribution in [0.2, 0.25) is 0 Å². The monoisotopic (exact) mass is 240 g/mol. The lowest BCUT2D eigenvalue weighted by atomic mass is 10.1. The van der Waals surface area contributed by atoms with Crippen LogP contribution in [0.5, 0.6) is 0 Å². The highest BCUT2D eigenvalue weighted by atomic mass is 32.1. The predicted molar refractivity (Wildman–Crippen MR) is 66.7 cm³/mol. The maximum atomic E-state index is 5.23. The van der Waals surface area contributed by atoms with Crippen molar-refractivity contribution in [2.75, 3.05) is 13.7 Å². The van der Waals surface area contributed by atoms with Gasteiger partial charge in [0.1, 0.15) is 5.01 Å². The third kappa shape index (κ3) is 3.03. The Kier molecular flexibility index (Phi) is 4.32. The Morgan fingerprint density at radius 1 is 1.62 bits per heavy atom. The van der Waals surface area contributed by atoms with Gasteiger partial charge < -0.3 is 10.1 Å². The van der Waals surface area contributed by atoms with Gasteiger partial charge in [0.05, 0.1) is 12.6 Å². The van der Waals surface area contributed by atoms with Gasteiger partial charge in [-0.25, -0.2) is 4.98 Å². The molecule has 0 unspecified atom stereocenters. The molecule has 1 aromatic rings. The number of hydrogen-bond acceptors (Lipinski definition) is 4. The molecule has 0 aliphatic heterocycles. The summed E-state index contributed by atoms with van der Waals surface area (Å²) in [7, 11) is 1.76. The van der Waals surface area contributed by atoms with Crippen LogP contribution in [0, 0.1) is 5.92 Å². The van der Waals surface area contributed by atoms with Crippen molar-refractivity contribution in [1.29, 1.82) is 0 Å². The van der Waals surface area contributed by atoms with Gasteiger partial charge in [-0.1, -0.05) is 6.92 Å². The Morgan fingerprint density at radius 3 is 2.94 bits per heavy atom. The summed E-state index contributed by atoms with van der Waals surface area (Å²) in [5, 5.41) is 6.98. The number of hydrogen-bond donors (Lipinski definition) is 1. The van der Waals surface area contributed by atoms with Crippen LogP contribution in [0.15, 0.2) is 11.6 Å². The molecule has 16 heavy (non-hydrogen) atoms. The quantitative estimate of drug-likeness (QED) is 0.795. The molecule has 2 rings (SSSR count). The van der Waals surface area contributed by atoms with Gasteiger partial charge in [-0.15, -0.1) is 11.3 Å². The average Bonchev–Trinajstić information content (AvgIpc) is 2.99. The Balaban J connectivity index is 1.97. The Labute approximate surface area is 101 Å². The van der Waals surface area contributed by atoms with Gasteiger partial charge in [0.2, 0.25) is 0 Å². The van der Waals surface area contributed by atoms with Gasteiger partial charge >= 0.3 is 0 Å². The fraction of sp³-hybridized carbons (Fsp3) is 0.750. The molecule has 0 spiro atoms. The van der Waals surface area contributed by atoms with Crippen molar-refractivity contribution < 1.29 is 4.74 Å². The summed E-state index contributed by atoms with van der Waals surface area (Å²) in [6.07, 6.45) is 5.66. The summed E-state index contributed by atoms with van der Waals surface area (Å²) in [6.45, 7) is 2.98. The number of ether oxygens (including phenoxy) is 1. The normalized spacial score (nSPS) is 19.6. The molecule has 0 aromatic carbocycles. The number of nitrogens with zero attached hydrogens (tertiary/aromatic N) is 1. The molecule has 1 N–H and O–H groups in total. The molecule has 1 fully saturated rings. The van der Waals surface area contributed by atoms with Gasteiger partial charge in [-0.2, -0.15) is 0 Å². The summed E-state index contributed by atoms with van der Waals surface area (Å²) in [6, 6.07) is 0.889. The highest BCUT2D eigenvalue weighted by molar-refractivity contribution is 7.09. The summed E-state index contributed by atoms with van der Waals surface area (Å²) in [4.78, 5) is 4.44. The number of methoxy groups -OCH3 is 1. The lowest BCUT2D eigenvalue weighted by molar-refractivity contribution is 0.156. The van der Waals surface area contributed by atoms with Crippen molar-refractivity contribution >= 4 is 11.3 Å². The van der Waals surface area contributed by atoms with Crippen molar-refractivity contribution in [3.63, 3.8) is 0 Å². The van der Waals surface area contributed by atoms with Crippen LogP contribution < -0.4 is 5.32 Å². The summed E-state index contributed by atoms with van der Waals surface area (Å²) >= 11 is 1.76. The minimum Gasteiger partial charge on any atom is -0.383 e. The molecule has 1 saturated carbocycles. The van der Waals surface area contributed by atoms with E-state index in [0.717, 1.165) is 18.9 Å². The first-order chi connectivity index (χ1) is 7.85. The molecule has 90 valence electrons. The molecule has 0 radical (unpaired) electrons. The second-order valence-electron chi connectivity index (χ2n) is 4.41. The van der Waals surface area contributed by atoms with Crippen molar-refractivity contribution in [1.82, 2.24) is 10.3 Å². The molecule has 3 nitrogen and oxygen atoms in total. The SMILES string of the molecule is CC[C@@H](COC)N[C@H](c1nccs1)C1CC1. The van der Waals surface area contributed by atoms with E-state index >= 15 is 0 Å². The molecule has 0 saturated heterocycles. The molecular formula is C12H20N2OS. The average molecular weight is 240 g/mol. The van der Waals surface area contributed by atoms with Crippen molar-refractivity contribution in [2.24, 2.45) is 5.92 Å². The third-order valence-corrected chi connectivity index (χ3v) is 3.95. The zero-order valence-corrected chi connectivity index (χ0v) is 10.8. The van der Waals surface area contributed by atoms with Gasteiger partial charge in [0.25, 0.3) is 0 Å². The number of rotatable bonds is 7. The van der Waals surface area contributed by atoms with Crippen LogP contribution in [0.1, 0.15) is 37.2 Å². The van der Waals surface area contributed by atoms with Crippen LogP contribution in [-0.4, -0.2) is 24.7 Å². The van der Waals surface area contributed by atoms with E-state index in [1.807, 2.05) is 6.20 Å². The van der Waals surface area contributed by atoms with Crippen molar-refractivity contribution in [2.45, 2.75) is 38.3 Å². The van der Waals surface area contributed by atoms with E-state index < -0.39 is 0 Å². The lowest BCUT2D eigenvalue weighted by Crippen LogP contribution is -2.36. The zero-order chi connectivity index (χ0) is 11.4. The Morgan fingerprint density at radius 2 is 2.44 bits per heavy atom. The molecule has 0 amide bonds. The van der Waals surface area contributed by atoms with E-state index in [2.05, 4.69) is 22.6 Å². The fourth-order valence-electron chi connectivity index (χ4n) is 1.97. The maximum Gasteiger partial charge on any atom is 0.110 e. The molecule has 2 atom stereocenters. The maximum absolute atomic E-state index is 5.23. The predicted octanol–water partition coefficient (Wildman–Crippen LogP) is 2.61. The van der Waals surface area contributed by atoms with Crippen LogP contribution in [0.3, 0.4) is 0 Å². The zero-order valence-electron chi connectivity index (χ0n) is 9.98. The van der Waals surface area contributed by atoms with E-state index in [9.17, 15) is 0 Å². The minimum atomic E-state index is 0.444. The van der Waals surface area contributed by atoms with Gasteiger partial charge in [0, 0.05) is 24.7 Å².